The number of rotatable bonds is 4. The number of pyridine rings is 1. The van der Waals surface area contributed by atoms with Gasteiger partial charge in [0.15, 0.2) is 11.6 Å². The van der Waals surface area contributed by atoms with Crippen LogP contribution in [0.2, 0.25) is 0 Å². The molecule has 2 rings (SSSR count). The van der Waals surface area contributed by atoms with Gasteiger partial charge in [0.05, 0.1) is 12.7 Å². The maximum absolute atomic E-state index is 13.9. The zero-order valence-corrected chi connectivity index (χ0v) is 10.6. The fraction of sp³-hybridized carbons (Fsp3) is 0.571. The van der Waals surface area contributed by atoms with E-state index in [2.05, 4.69) is 4.98 Å². The maximum atomic E-state index is 13.9. The zero-order valence-electron chi connectivity index (χ0n) is 10.6. The Morgan fingerprint density at radius 1 is 1.44 bits per heavy atom. The summed E-state index contributed by atoms with van der Waals surface area (Å²) in [7, 11) is 1.35. The first-order valence-electron chi connectivity index (χ1n) is 6.44. The first-order valence-corrected chi connectivity index (χ1v) is 6.44. The Labute approximate surface area is 106 Å². The molecule has 0 unspecified atom stereocenters. The molecule has 1 fully saturated rings. The summed E-state index contributed by atoms with van der Waals surface area (Å²) in [6.45, 7) is 0. The van der Waals surface area contributed by atoms with Crippen molar-refractivity contribution in [2.75, 3.05) is 7.11 Å². The van der Waals surface area contributed by atoms with Crippen LogP contribution in [-0.4, -0.2) is 17.9 Å². The van der Waals surface area contributed by atoms with Crippen LogP contribution >= 0.6 is 0 Å². The third-order valence-corrected chi connectivity index (χ3v) is 3.55. The summed E-state index contributed by atoms with van der Waals surface area (Å²) >= 11 is 0. The highest BCUT2D eigenvalue weighted by atomic mass is 19.1. The second-order valence-corrected chi connectivity index (χ2v) is 4.81. The third-order valence-electron chi connectivity index (χ3n) is 3.55. The molecule has 18 heavy (non-hydrogen) atoms. The molecule has 0 aliphatic heterocycles. The number of carbonyl (C=O) groups excluding carboxylic acids is 1. The normalized spacial score (nSPS) is 16.6. The second kappa shape index (κ2) is 5.94. The summed E-state index contributed by atoms with van der Waals surface area (Å²) in [5.41, 5.74) is 0.104. The molecule has 4 heteroatoms. The van der Waals surface area contributed by atoms with Crippen LogP contribution in [0, 0.1) is 11.7 Å². The van der Waals surface area contributed by atoms with Crippen molar-refractivity contribution < 1.29 is 13.9 Å². The molecule has 3 nitrogen and oxygen atoms in total. The molecule has 0 atom stereocenters. The summed E-state index contributed by atoms with van der Waals surface area (Å²) in [5.74, 6) is -0.477. The molecule has 0 spiro atoms. The average Bonchev–Trinajstić information content (AvgIpc) is 2.40. The zero-order chi connectivity index (χ0) is 13.0. The van der Waals surface area contributed by atoms with E-state index < -0.39 is 5.82 Å². The number of methoxy groups -OCH3 is 1. The Morgan fingerprint density at radius 2 is 2.17 bits per heavy atom. The molecule has 1 aromatic rings. The third kappa shape index (κ3) is 2.86. The fourth-order valence-corrected chi connectivity index (χ4v) is 2.55. The minimum atomic E-state index is -0.638. The molecule has 98 valence electrons. The van der Waals surface area contributed by atoms with Gasteiger partial charge in [-0.25, -0.2) is 9.37 Å². The molecule has 1 aliphatic rings. The monoisotopic (exact) mass is 251 g/mol. The minimum Gasteiger partial charge on any atom is -0.479 e. The Bertz CT molecular complexity index is 428. The van der Waals surface area contributed by atoms with Crippen molar-refractivity contribution >= 4 is 5.78 Å². The molecule has 0 bridgehead atoms. The average molecular weight is 251 g/mol. The van der Waals surface area contributed by atoms with Gasteiger partial charge < -0.3 is 4.74 Å². The van der Waals surface area contributed by atoms with Gasteiger partial charge in [0.25, 0.3) is 5.88 Å². The highest BCUT2D eigenvalue weighted by Gasteiger charge is 2.21. The van der Waals surface area contributed by atoms with Gasteiger partial charge in [-0.05, 0) is 12.0 Å². The highest BCUT2D eigenvalue weighted by Crippen LogP contribution is 2.28. The van der Waals surface area contributed by atoms with E-state index in [-0.39, 0.29) is 17.2 Å². The van der Waals surface area contributed by atoms with Crippen LogP contribution in [0.15, 0.2) is 12.3 Å². The SMILES string of the molecule is COc1nccc(C(=O)CC2CCCCC2)c1F. The van der Waals surface area contributed by atoms with E-state index in [1.807, 2.05) is 0 Å². The van der Waals surface area contributed by atoms with Crippen molar-refractivity contribution in [2.24, 2.45) is 5.92 Å². The number of hydrogen-bond donors (Lipinski definition) is 0. The molecule has 0 aromatic carbocycles. The maximum Gasteiger partial charge on any atom is 0.250 e. The lowest BCUT2D eigenvalue weighted by Gasteiger charge is -2.20. The quantitative estimate of drug-likeness (QED) is 0.770. The lowest BCUT2D eigenvalue weighted by Crippen LogP contribution is -2.13. The van der Waals surface area contributed by atoms with E-state index >= 15 is 0 Å². The number of ether oxygens (including phenoxy) is 1. The van der Waals surface area contributed by atoms with Crippen molar-refractivity contribution in [3.8, 4) is 5.88 Å². The predicted octanol–water partition coefficient (Wildman–Crippen LogP) is 3.38. The van der Waals surface area contributed by atoms with Crippen LogP contribution in [0.1, 0.15) is 48.9 Å². The Kier molecular flexibility index (Phi) is 4.28. The predicted molar refractivity (Wildman–Crippen MR) is 66.3 cm³/mol. The number of ketones is 1. The van der Waals surface area contributed by atoms with Gasteiger partial charge in [0.1, 0.15) is 0 Å². The van der Waals surface area contributed by atoms with Gasteiger partial charge in [-0.2, -0.15) is 0 Å². The number of carbonyl (C=O) groups is 1. The Hall–Kier alpha value is -1.45. The molecular weight excluding hydrogens is 233 g/mol. The first kappa shape index (κ1) is 13.0. The van der Waals surface area contributed by atoms with Crippen LogP contribution in [0.25, 0.3) is 0 Å². The largest absolute Gasteiger partial charge is 0.479 e. The van der Waals surface area contributed by atoms with Crippen LogP contribution < -0.4 is 4.74 Å². The minimum absolute atomic E-state index is 0.104. The van der Waals surface area contributed by atoms with E-state index in [4.69, 9.17) is 4.74 Å². The van der Waals surface area contributed by atoms with E-state index in [0.29, 0.717) is 12.3 Å². The van der Waals surface area contributed by atoms with E-state index in [9.17, 15) is 9.18 Å². The molecule has 0 saturated heterocycles. The van der Waals surface area contributed by atoms with Crippen LogP contribution in [0.4, 0.5) is 4.39 Å². The van der Waals surface area contributed by atoms with Crippen LogP contribution in [0.5, 0.6) is 5.88 Å². The fourth-order valence-electron chi connectivity index (χ4n) is 2.55. The molecule has 1 aromatic heterocycles. The summed E-state index contributed by atoms with van der Waals surface area (Å²) in [6.07, 6.45) is 7.62. The van der Waals surface area contributed by atoms with Gasteiger partial charge in [0.2, 0.25) is 0 Å². The molecule has 0 N–H and O–H groups in total. The van der Waals surface area contributed by atoms with E-state index in [1.54, 1.807) is 0 Å². The summed E-state index contributed by atoms with van der Waals surface area (Å²) < 4.78 is 18.7. The standard InChI is InChI=1S/C14H18FNO2/c1-18-14-13(15)11(7-8-16-14)12(17)9-10-5-3-2-4-6-10/h7-8,10H,2-6,9H2,1H3. The van der Waals surface area contributed by atoms with Gasteiger partial charge in [-0.1, -0.05) is 32.1 Å². The molecule has 0 amide bonds. The van der Waals surface area contributed by atoms with Crippen molar-refractivity contribution in [1.82, 2.24) is 4.98 Å². The summed E-state index contributed by atoms with van der Waals surface area (Å²) in [5, 5.41) is 0. The van der Waals surface area contributed by atoms with Crippen molar-refractivity contribution in [1.29, 1.82) is 0 Å². The lowest BCUT2D eigenvalue weighted by molar-refractivity contribution is 0.0945. The van der Waals surface area contributed by atoms with Crippen LogP contribution in [0.3, 0.4) is 0 Å². The van der Waals surface area contributed by atoms with E-state index in [1.165, 1.54) is 38.6 Å². The Balaban J connectivity index is 2.08. The lowest BCUT2D eigenvalue weighted by atomic mass is 9.85. The molecular formula is C14H18FNO2. The highest BCUT2D eigenvalue weighted by molar-refractivity contribution is 5.96. The molecule has 0 radical (unpaired) electrons. The number of halogens is 1. The topological polar surface area (TPSA) is 39.2 Å². The van der Waals surface area contributed by atoms with Crippen molar-refractivity contribution in [2.45, 2.75) is 38.5 Å². The summed E-state index contributed by atoms with van der Waals surface area (Å²) in [6, 6.07) is 1.43. The van der Waals surface area contributed by atoms with Crippen molar-refractivity contribution in [3.63, 3.8) is 0 Å². The number of nitrogens with zero attached hydrogens (tertiary/aromatic N) is 1. The van der Waals surface area contributed by atoms with Gasteiger partial charge in [-0.15, -0.1) is 0 Å². The number of aromatic nitrogens is 1. The van der Waals surface area contributed by atoms with Gasteiger partial charge in [-0.3, -0.25) is 4.79 Å². The van der Waals surface area contributed by atoms with Gasteiger partial charge >= 0.3 is 0 Å². The first-order chi connectivity index (χ1) is 8.72. The summed E-state index contributed by atoms with van der Waals surface area (Å²) in [4.78, 5) is 15.8. The number of hydrogen-bond acceptors (Lipinski definition) is 3. The van der Waals surface area contributed by atoms with E-state index in [0.717, 1.165) is 12.8 Å². The smallest absolute Gasteiger partial charge is 0.250 e. The second-order valence-electron chi connectivity index (χ2n) is 4.81. The van der Waals surface area contributed by atoms with Crippen molar-refractivity contribution in [3.05, 3.63) is 23.6 Å². The van der Waals surface area contributed by atoms with Gasteiger partial charge in [0, 0.05) is 12.6 Å². The molecule has 1 aliphatic carbocycles. The molecule has 1 saturated carbocycles. The molecule has 1 heterocycles. The van der Waals surface area contributed by atoms with Crippen LogP contribution in [-0.2, 0) is 0 Å². The number of Topliss-reactive ketones (excluding diaryl/α,β-unsaturated/α-hetero) is 1. The Morgan fingerprint density at radius 3 is 2.83 bits per heavy atom.